The van der Waals surface area contributed by atoms with Gasteiger partial charge in [0.15, 0.2) is 0 Å². The highest BCUT2D eigenvalue weighted by atomic mass is 16.4. The van der Waals surface area contributed by atoms with Gasteiger partial charge in [0.2, 0.25) is 0 Å². The molecule has 0 aromatic heterocycles. The number of piperidine rings is 1. The van der Waals surface area contributed by atoms with Crippen LogP contribution in [0.25, 0.3) is 0 Å². The predicted octanol–water partition coefficient (Wildman–Crippen LogP) is 1.02. The molecule has 0 radical (unpaired) electrons. The molecular formula is C14H25N3O3. The van der Waals surface area contributed by atoms with Crippen LogP contribution in [0.15, 0.2) is 0 Å². The fourth-order valence-electron chi connectivity index (χ4n) is 3.20. The number of carboxylic acids is 1. The highest BCUT2D eigenvalue weighted by Gasteiger charge is 2.39. The van der Waals surface area contributed by atoms with E-state index in [4.69, 9.17) is 5.11 Å². The summed E-state index contributed by atoms with van der Waals surface area (Å²) in [5, 5.41) is 14.8. The first kappa shape index (κ1) is 15.1. The van der Waals surface area contributed by atoms with Crippen molar-refractivity contribution in [1.29, 1.82) is 0 Å². The predicted molar refractivity (Wildman–Crippen MR) is 75.6 cm³/mol. The van der Waals surface area contributed by atoms with E-state index in [-0.39, 0.29) is 23.9 Å². The maximum atomic E-state index is 11.9. The summed E-state index contributed by atoms with van der Waals surface area (Å²) < 4.78 is 0. The molecule has 2 fully saturated rings. The molecule has 1 aliphatic carbocycles. The second-order valence-corrected chi connectivity index (χ2v) is 6.35. The Morgan fingerprint density at radius 2 is 2.10 bits per heavy atom. The van der Waals surface area contributed by atoms with Gasteiger partial charge in [-0.05, 0) is 44.7 Å². The molecule has 0 aromatic carbocycles. The normalized spacial score (nSPS) is 25.6. The minimum absolute atomic E-state index is 0.152. The molecule has 6 heteroatoms. The van der Waals surface area contributed by atoms with E-state index in [2.05, 4.69) is 22.6 Å². The van der Waals surface area contributed by atoms with Crippen molar-refractivity contribution in [2.45, 2.75) is 44.6 Å². The molecule has 2 amide bonds. The smallest absolute Gasteiger partial charge is 0.315 e. The lowest BCUT2D eigenvalue weighted by atomic mass is 9.66. The molecular weight excluding hydrogens is 258 g/mol. The third-order valence-electron chi connectivity index (χ3n) is 4.52. The summed E-state index contributed by atoms with van der Waals surface area (Å²) in [5.41, 5.74) is -0.216. The molecule has 1 aliphatic heterocycles. The highest BCUT2D eigenvalue weighted by Crippen LogP contribution is 2.43. The molecule has 1 atom stereocenters. The van der Waals surface area contributed by atoms with Crippen LogP contribution in [-0.2, 0) is 4.79 Å². The highest BCUT2D eigenvalue weighted by molar-refractivity contribution is 5.74. The van der Waals surface area contributed by atoms with Crippen molar-refractivity contribution in [1.82, 2.24) is 15.5 Å². The van der Waals surface area contributed by atoms with Crippen molar-refractivity contribution >= 4 is 12.0 Å². The number of rotatable bonds is 5. The number of hydrogen-bond acceptors (Lipinski definition) is 3. The first-order valence-corrected chi connectivity index (χ1v) is 7.44. The monoisotopic (exact) mass is 283 g/mol. The van der Waals surface area contributed by atoms with Gasteiger partial charge in [-0.1, -0.05) is 6.42 Å². The summed E-state index contributed by atoms with van der Waals surface area (Å²) >= 11 is 0. The Morgan fingerprint density at radius 3 is 2.65 bits per heavy atom. The van der Waals surface area contributed by atoms with Gasteiger partial charge in [0, 0.05) is 19.1 Å². The minimum atomic E-state index is -0.777. The number of likely N-dealkylation sites (tertiary alicyclic amines) is 1. The summed E-state index contributed by atoms with van der Waals surface area (Å²) in [6.07, 6.45) is 5.11. The van der Waals surface area contributed by atoms with Crippen LogP contribution >= 0.6 is 0 Å². The zero-order valence-electron chi connectivity index (χ0n) is 12.2. The number of likely N-dealkylation sites (N-methyl/N-ethyl adjacent to an activating group) is 1. The number of carboxylic acid groups (broad SMARTS) is 1. The molecule has 20 heavy (non-hydrogen) atoms. The van der Waals surface area contributed by atoms with Gasteiger partial charge in [-0.2, -0.15) is 0 Å². The van der Waals surface area contributed by atoms with Crippen LogP contribution in [0, 0.1) is 5.41 Å². The van der Waals surface area contributed by atoms with Crippen LogP contribution < -0.4 is 10.6 Å². The van der Waals surface area contributed by atoms with Crippen molar-refractivity contribution in [2.24, 2.45) is 5.41 Å². The maximum absolute atomic E-state index is 11.9. The lowest BCUT2D eigenvalue weighted by Crippen LogP contribution is -2.52. The average molecular weight is 283 g/mol. The fourth-order valence-corrected chi connectivity index (χ4v) is 3.20. The van der Waals surface area contributed by atoms with Crippen LogP contribution in [0.2, 0.25) is 0 Å². The number of aliphatic carboxylic acids is 1. The Morgan fingerprint density at radius 1 is 1.35 bits per heavy atom. The Hall–Kier alpha value is -1.30. The molecule has 1 saturated heterocycles. The third kappa shape index (κ3) is 4.10. The lowest BCUT2D eigenvalue weighted by Gasteiger charge is -2.41. The molecule has 0 bridgehead atoms. The molecule has 2 aliphatic rings. The van der Waals surface area contributed by atoms with Gasteiger partial charge in [0.1, 0.15) is 0 Å². The van der Waals surface area contributed by atoms with Gasteiger partial charge < -0.3 is 20.6 Å². The summed E-state index contributed by atoms with van der Waals surface area (Å²) in [7, 11) is 2.06. The average Bonchev–Trinajstić information content (AvgIpc) is 2.32. The number of hydrogen-bond donors (Lipinski definition) is 3. The number of carbonyl (C=O) groups is 2. The number of amides is 2. The zero-order chi connectivity index (χ0) is 14.6. The second kappa shape index (κ2) is 6.43. The van der Waals surface area contributed by atoms with Crippen molar-refractivity contribution in [3.63, 3.8) is 0 Å². The molecule has 0 spiro atoms. The van der Waals surface area contributed by atoms with Gasteiger partial charge in [0.05, 0.1) is 6.42 Å². The van der Waals surface area contributed by atoms with Gasteiger partial charge in [-0.25, -0.2) is 4.79 Å². The molecule has 6 nitrogen and oxygen atoms in total. The fraction of sp³-hybridized carbons (Fsp3) is 0.857. The van der Waals surface area contributed by atoms with E-state index in [1.165, 1.54) is 0 Å². The largest absolute Gasteiger partial charge is 0.481 e. The SMILES string of the molecule is CN1CCCC(NC(=O)NCC2(CC(=O)O)CCC2)C1. The molecule has 1 unspecified atom stereocenters. The number of nitrogens with zero attached hydrogens (tertiary/aromatic N) is 1. The van der Waals surface area contributed by atoms with Crippen molar-refractivity contribution in [2.75, 3.05) is 26.7 Å². The summed E-state index contributed by atoms with van der Waals surface area (Å²) in [6, 6.07) is 0.0347. The van der Waals surface area contributed by atoms with E-state index >= 15 is 0 Å². The summed E-state index contributed by atoms with van der Waals surface area (Å²) in [4.78, 5) is 25.0. The van der Waals surface area contributed by atoms with Crippen LogP contribution in [0.4, 0.5) is 4.79 Å². The maximum Gasteiger partial charge on any atom is 0.315 e. The van der Waals surface area contributed by atoms with Crippen LogP contribution in [-0.4, -0.2) is 54.7 Å². The van der Waals surface area contributed by atoms with Crippen molar-refractivity contribution in [3.8, 4) is 0 Å². The molecule has 1 saturated carbocycles. The Bertz CT molecular complexity index is 369. The van der Waals surface area contributed by atoms with Crippen LogP contribution in [0.5, 0.6) is 0 Å². The van der Waals surface area contributed by atoms with Crippen molar-refractivity contribution in [3.05, 3.63) is 0 Å². The first-order chi connectivity index (χ1) is 9.49. The topological polar surface area (TPSA) is 81.7 Å². The van der Waals surface area contributed by atoms with Crippen molar-refractivity contribution < 1.29 is 14.7 Å². The second-order valence-electron chi connectivity index (χ2n) is 6.35. The zero-order valence-corrected chi connectivity index (χ0v) is 12.2. The minimum Gasteiger partial charge on any atom is -0.481 e. The number of nitrogens with one attached hydrogen (secondary N) is 2. The van der Waals surface area contributed by atoms with E-state index < -0.39 is 5.97 Å². The standard InChI is InChI=1S/C14H25N3O3/c1-17-7-2-4-11(9-17)16-13(20)15-10-14(5-3-6-14)8-12(18)19/h11H,2-10H2,1H3,(H,18,19)(H2,15,16,20). The van der Waals surface area contributed by atoms with Crippen LogP contribution in [0.3, 0.4) is 0 Å². The third-order valence-corrected chi connectivity index (χ3v) is 4.52. The van der Waals surface area contributed by atoms with E-state index in [1.807, 2.05) is 0 Å². The van der Waals surface area contributed by atoms with E-state index in [0.29, 0.717) is 6.54 Å². The Kier molecular flexibility index (Phi) is 4.86. The van der Waals surface area contributed by atoms with Gasteiger partial charge >= 0.3 is 12.0 Å². The molecule has 0 aromatic rings. The van der Waals surface area contributed by atoms with E-state index in [0.717, 1.165) is 45.2 Å². The lowest BCUT2D eigenvalue weighted by molar-refractivity contribution is -0.141. The molecule has 3 N–H and O–H groups in total. The van der Waals surface area contributed by atoms with E-state index in [9.17, 15) is 9.59 Å². The number of urea groups is 1. The van der Waals surface area contributed by atoms with E-state index in [1.54, 1.807) is 0 Å². The number of carbonyl (C=O) groups excluding carboxylic acids is 1. The summed E-state index contributed by atoms with van der Waals surface area (Å²) in [6.45, 7) is 2.43. The molecule has 1 heterocycles. The summed E-state index contributed by atoms with van der Waals surface area (Å²) in [5.74, 6) is -0.777. The quantitative estimate of drug-likeness (QED) is 0.704. The van der Waals surface area contributed by atoms with Gasteiger partial charge in [0.25, 0.3) is 0 Å². The Labute approximate surface area is 119 Å². The van der Waals surface area contributed by atoms with Crippen LogP contribution in [0.1, 0.15) is 38.5 Å². The Balaban J connectivity index is 1.72. The molecule has 2 rings (SSSR count). The molecule has 114 valence electrons. The first-order valence-electron chi connectivity index (χ1n) is 7.44. The van der Waals surface area contributed by atoms with Gasteiger partial charge in [-0.15, -0.1) is 0 Å². The van der Waals surface area contributed by atoms with Gasteiger partial charge in [-0.3, -0.25) is 4.79 Å².